The van der Waals surface area contributed by atoms with E-state index >= 15 is 0 Å². The topological polar surface area (TPSA) is 117 Å². The first-order valence-electron chi connectivity index (χ1n) is 7.63. The van der Waals surface area contributed by atoms with Gasteiger partial charge in [-0.3, -0.25) is 23.9 Å². The molecule has 4 atom stereocenters. The number of rotatable bonds is 5. The Morgan fingerprint density at radius 2 is 2.00 bits per heavy atom. The van der Waals surface area contributed by atoms with Crippen LogP contribution in [0, 0.1) is 0 Å². The minimum absolute atomic E-state index is 0.157. The Morgan fingerprint density at radius 1 is 1.31 bits per heavy atom. The number of ether oxygens (including phenoxy) is 3. The first-order valence-corrected chi connectivity index (χ1v) is 8.92. The van der Waals surface area contributed by atoms with Gasteiger partial charge in [0, 0.05) is 30.3 Å². The SMILES string of the molecule is CC(=O)OC[C@H]1O[C@@H](n2ccc(=O)[nH]c2=O)[C@H](SC(C)=S)[C@@H]1OC(C)=O. The van der Waals surface area contributed by atoms with E-state index in [1.165, 1.54) is 42.4 Å². The summed E-state index contributed by atoms with van der Waals surface area (Å²) in [6.45, 7) is 4.02. The molecule has 9 nitrogen and oxygen atoms in total. The van der Waals surface area contributed by atoms with Gasteiger partial charge in [-0.15, -0.1) is 11.8 Å². The molecule has 1 N–H and O–H groups in total. The Bertz CT molecular complexity index is 819. The van der Waals surface area contributed by atoms with Gasteiger partial charge < -0.3 is 14.2 Å². The summed E-state index contributed by atoms with van der Waals surface area (Å²) in [6, 6.07) is 1.18. The summed E-state index contributed by atoms with van der Waals surface area (Å²) >= 11 is 6.34. The van der Waals surface area contributed by atoms with Crippen molar-refractivity contribution >= 4 is 40.1 Å². The molecule has 0 amide bonds. The fourth-order valence-electron chi connectivity index (χ4n) is 2.54. The maximum Gasteiger partial charge on any atom is 0.330 e. The lowest BCUT2D eigenvalue weighted by Gasteiger charge is -2.23. The Labute approximate surface area is 158 Å². The lowest BCUT2D eigenvalue weighted by atomic mass is 10.1. The molecule has 1 aliphatic rings. The highest BCUT2D eigenvalue weighted by atomic mass is 32.2. The van der Waals surface area contributed by atoms with Crippen molar-refractivity contribution in [1.29, 1.82) is 0 Å². The molecule has 1 aromatic rings. The molecule has 11 heteroatoms. The molecule has 26 heavy (non-hydrogen) atoms. The largest absolute Gasteiger partial charge is 0.463 e. The van der Waals surface area contributed by atoms with Gasteiger partial charge in [-0.25, -0.2) is 4.79 Å². The predicted molar refractivity (Wildman–Crippen MR) is 97.1 cm³/mol. The smallest absolute Gasteiger partial charge is 0.330 e. The second-order valence-corrected chi connectivity index (χ2v) is 7.80. The van der Waals surface area contributed by atoms with Crippen LogP contribution in [0.25, 0.3) is 0 Å². The first kappa shape index (κ1) is 20.3. The van der Waals surface area contributed by atoms with E-state index < -0.39 is 46.9 Å². The van der Waals surface area contributed by atoms with Gasteiger partial charge in [-0.1, -0.05) is 12.2 Å². The van der Waals surface area contributed by atoms with Gasteiger partial charge in [0.15, 0.2) is 6.23 Å². The Kier molecular flexibility index (Phi) is 6.73. The summed E-state index contributed by atoms with van der Waals surface area (Å²) < 4.78 is 17.9. The van der Waals surface area contributed by atoms with Crippen LogP contribution in [0.1, 0.15) is 27.0 Å². The third kappa shape index (κ3) is 5.02. The average molecular weight is 402 g/mol. The van der Waals surface area contributed by atoms with Crippen LogP contribution in [-0.2, 0) is 23.8 Å². The Morgan fingerprint density at radius 3 is 2.54 bits per heavy atom. The number of nitrogens with one attached hydrogen (secondary N) is 1. The van der Waals surface area contributed by atoms with E-state index in [0.717, 1.165) is 0 Å². The van der Waals surface area contributed by atoms with Gasteiger partial charge in [0.1, 0.15) is 18.8 Å². The van der Waals surface area contributed by atoms with Crippen molar-refractivity contribution in [2.75, 3.05) is 6.61 Å². The molecule has 0 saturated carbocycles. The van der Waals surface area contributed by atoms with Crippen molar-refractivity contribution in [3.05, 3.63) is 33.1 Å². The van der Waals surface area contributed by atoms with Gasteiger partial charge >= 0.3 is 17.6 Å². The number of nitrogens with zero attached hydrogens (tertiary/aromatic N) is 1. The van der Waals surface area contributed by atoms with E-state index in [4.69, 9.17) is 26.4 Å². The van der Waals surface area contributed by atoms with Crippen LogP contribution in [0.2, 0.25) is 0 Å². The summed E-state index contributed by atoms with van der Waals surface area (Å²) in [4.78, 5) is 48.3. The first-order chi connectivity index (χ1) is 12.2. The monoisotopic (exact) mass is 402 g/mol. The maximum absolute atomic E-state index is 12.2. The lowest BCUT2D eigenvalue weighted by Crippen LogP contribution is -2.39. The molecule has 0 radical (unpaired) electrons. The van der Waals surface area contributed by atoms with Crippen LogP contribution < -0.4 is 11.2 Å². The van der Waals surface area contributed by atoms with Crippen molar-refractivity contribution in [3.8, 4) is 0 Å². The highest BCUT2D eigenvalue weighted by molar-refractivity contribution is 8.23. The molecule has 1 aliphatic heterocycles. The van der Waals surface area contributed by atoms with E-state index in [0.29, 0.717) is 4.20 Å². The van der Waals surface area contributed by atoms with Gasteiger partial charge in [0.2, 0.25) is 0 Å². The van der Waals surface area contributed by atoms with Crippen LogP contribution >= 0.6 is 24.0 Å². The summed E-state index contributed by atoms with van der Waals surface area (Å²) in [5.74, 6) is -1.07. The third-order valence-corrected chi connectivity index (χ3v) is 4.86. The zero-order valence-electron chi connectivity index (χ0n) is 14.3. The molecule has 0 aromatic carbocycles. The summed E-state index contributed by atoms with van der Waals surface area (Å²) in [6.07, 6.45) is -1.19. The molecule has 0 spiro atoms. The van der Waals surface area contributed by atoms with Crippen LogP contribution in [0.5, 0.6) is 0 Å². The van der Waals surface area contributed by atoms with Gasteiger partial charge in [0.25, 0.3) is 5.56 Å². The Hall–Kier alpha value is -1.98. The number of aromatic nitrogens is 2. The number of hydrogen-bond acceptors (Lipinski definition) is 9. The number of H-pyrrole nitrogens is 1. The average Bonchev–Trinajstić information content (AvgIpc) is 2.82. The minimum Gasteiger partial charge on any atom is -0.463 e. The minimum atomic E-state index is -0.882. The molecule has 1 fully saturated rings. The normalized spacial score (nSPS) is 24.9. The van der Waals surface area contributed by atoms with Gasteiger partial charge in [-0.05, 0) is 6.92 Å². The quantitative estimate of drug-likeness (QED) is 0.551. The van der Waals surface area contributed by atoms with Crippen molar-refractivity contribution < 1.29 is 23.8 Å². The molecular weight excluding hydrogens is 384 g/mol. The highest BCUT2D eigenvalue weighted by Crippen LogP contribution is 2.39. The number of thioether (sulfide) groups is 1. The van der Waals surface area contributed by atoms with Crippen molar-refractivity contribution in [2.24, 2.45) is 0 Å². The Balaban J connectivity index is 2.41. The molecule has 1 saturated heterocycles. The van der Waals surface area contributed by atoms with E-state index in [1.807, 2.05) is 0 Å². The maximum atomic E-state index is 12.2. The zero-order chi connectivity index (χ0) is 19.4. The third-order valence-electron chi connectivity index (χ3n) is 3.47. The van der Waals surface area contributed by atoms with Crippen LogP contribution in [-0.4, -0.2) is 49.8 Å². The molecule has 2 heterocycles. The fraction of sp³-hybridized carbons (Fsp3) is 0.533. The van der Waals surface area contributed by atoms with E-state index in [1.54, 1.807) is 6.92 Å². The van der Waals surface area contributed by atoms with Crippen LogP contribution in [0.4, 0.5) is 0 Å². The molecule has 0 unspecified atom stereocenters. The molecule has 142 valence electrons. The second kappa shape index (κ2) is 8.60. The summed E-state index contributed by atoms with van der Waals surface area (Å²) in [7, 11) is 0. The number of esters is 2. The van der Waals surface area contributed by atoms with Crippen molar-refractivity contribution in [1.82, 2.24) is 9.55 Å². The number of hydrogen-bond donors (Lipinski definition) is 1. The zero-order valence-corrected chi connectivity index (χ0v) is 15.9. The van der Waals surface area contributed by atoms with Crippen molar-refractivity contribution in [3.63, 3.8) is 0 Å². The predicted octanol–water partition coefficient (Wildman–Crippen LogP) is 0.378. The molecular formula is C15H18N2O7S2. The second-order valence-electron chi connectivity index (χ2n) is 5.53. The standard InChI is InChI=1S/C15H18N2O7S2/c1-7(18)22-6-10-12(23-8(2)19)13(26-9(3)25)14(24-10)17-5-4-11(20)16-15(17)21/h4-5,10,12-14H,6H2,1-3H3,(H,16,20,21)/t10-,12-,13-,14-/m1/s1. The lowest BCUT2D eigenvalue weighted by molar-refractivity contribution is -0.155. The number of thiocarbonyl (C=S) groups is 1. The number of carbonyl (C=O) groups excluding carboxylic acids is 2. The van der Waals surface area contributed by atoms with E-state index in [-0.39, 0.29) is 6.61 Å². The van der Waals surface area contributed by atoms with Gasteiger partial charge in [0.05, 0.1) is 5.25 Å². The molecule has 0 aliphatic carbocycles. The number of aromatic amines is 1. The van der Waals surface area contributed by atoms with Crippen LogP contribution in [0.15, 0.2) is 21.9 Å². The summed E-state index contributed by atoms with van der Waals surface area (Å²) in [5, 5.41) is -0.569. The van der Waals surface area contributed by atoms with Crippen LogP contribution in [0.3, 0.4) is 0 Å². The molecule has 2 rings (SSSR count). The van der Waals surface area contributed by atoms with Crippen molar-refractivity contribution in [2.45, 2.75) is 44.5 Å². The fourth-order valence-corrected chi connectivity index (χ4v) is 3.94. The highest BCUT2D eigenvalue weighted by Gasteiger charge is 2.49. The van der Waals surface area contributed by atoms with Gasteiger partial charge in [-0.2, -0.15) is 0 Å². The van der Waals surface area contributed by atoms with E-state index in [2.05, 4.69) is 4.98 Å². The molecule has 0 bridgehead atoms. The number of carbonyl (C=O) groups is 2. The van der Waals surface area contributed by atoms with E-state index in [9.17, 15) is 19.2 Å². The molecule has 1 aromatic heterocycles. The summed E-state index contributed by atoms with van der Waals surface area (Å²) in [5.41, 5.74) is -1.22.